The molecule has 0 aliphatic heterocycles. The van der Waals surface area contributed by atoms with E-state index in [9.17, 15) is 0 Å². The van der Waals surface area contributed by atoms with E-state index in [0.29, 0.717) is 0 Å². The Morgan fingerprint density at radius 1 is 0.438 bits per heavy atom. The predicted molar refractivity (Wildman–Crippen MR) is 207 cm³/mol. The Labute approximate surface area is 281 Å². The zero-order chi connectivity index (χ0) is 32.1. The molecular formula is C46H33OP. The van der Waals surface area contributed by atoms with Gasteiger partial charge in [-0.25, -0.2) is 0 Å². The van der Waals surface area contributed by atoms with Crippen LogP contribution < -0.4 is 15.9 Å². The molecule has 1 aliphatic rings. The number of hydrogen-bond acceptors (Lipinski definition) is 1. The van der Waals surface area contributed by atoms with Crippen LogP contribution in [0.25, 0.3) is 60.6 Å². The van der Waals surface area contributed by atoms with Gasteiger partial charge in [0.15, 0.2) is 7.14 Å². The van der Waals surface area contributed by atoms with Crippen LogP contribution in [0.2, 0.25) is 0 Å². The Hall–Kier alpha value is -5.49. The summed E-state index contributed by atoms with van der Waals surface area (Å²) in [4.78, 5) is 0. The summed E-state index contributed by atoms with van der Waals surface area (Å²) in [5.41, 5.74) is 7.43. The van der Waals surface area contributed by atoms with Crippen LogP contribution in [0, 0.1) is 0 Å². The van der Waals surface area contributed by atoms with Crippen molar-refractivity contribution in [3.05, 3.63) is 181 Å². The van der Waals surface area contributed by atoms with Crippen LogP contribution in [0.5, 0.6) is 0 Å². The van der Waals surface area contributed by atoms with E-state index in [1.807, 2.05) is 30.3 Å². The fraction of sp³-hybridized carbons (Fsp3) is 0.0435. The second kappa shape index (κ2) is 11.6. The quantitative estimate of drug-likeness (QED) is 0.136. The van der Waals surface area contributed by atoms with Crippen molar-refractivity contribution in [3.63, 3.8) is 0 Å². The summed E-state index contributed by atoms with van der Waals surface area (Å²) >= 11 is 0. The van der Waals surface area contributed by atoms with E-state index in [1.165, 1.54) is 54.6 Å². The molecule has 1 atom stereocenters. The lowest BCUT2D eigenvalue weighted by molar-refractivity contribution is 0.592. The van der Waals surface area contributed by atoms with Crippen LogP contribution in [-0.4, -0.2) is 0 Å². The highest BCUT2D eigenvalue weighted by molar-refractivity contribution is 7.85. The van der Waals surface area contributed by atoms with Crippen molar-refractivity contribution in [2.75, 3.05) is 0 Å². The maximum Gasteiger partial charge on any atom is 0.171 e. The van der Waals surface area contributed by atoms with E-state index in [0.717, 1.165) is 39.9 Å². The number of fused-ring (bicyclic) bond motifs is 4. The van der Waals surface area contributed by atoms with Gasteiger partial charge in [-0.15, -0.1) is 0 Å². The first kappa shape index (κ1) is 28.7. The summed E-state index contributed by atoms with van der Waals surface area (Å²) in [6.07, 6.45) is 6.68. The first-order chi connectivity index (χ1) is 23.7. The van der Waals surface area contributed by atoms with Gasteiger partial charge in [0.1, 0.15) is 0 Å². The van der Waals surface area contributed by atoms with Crippen LogP contribution in [0.3, 0.4) is 0 Å². The predicted octanol–water partition coefficient (Wildman–Crippen LogP) is 11.1. The van der Waals surface area contributed by atoms with Crippen LogP contribution in [0.1, 0.15) is 17.5 Å². The average Bonchev–Trinajstić information content (AvgIpc) is 3.16. The van der Waals surface area contributed by atoms with Gasteiger partial charge in [0.25, 0.3) is 0 Å². The molecule has 48 heavy (non-hydrogen) atoms. The maximum absolute atomic E-state index is 15.6. The first-order valence-corrected chi connectivity index (χ1v) is 18.4. The van der Waals surface area contributed by atoms with Crippen molar-refractivity contribution in [2.24, 2.45) is 0 Å². The van der Waals surface area contributed by atoms with E-state index >= 15 is 4.57 Å². The fourth-order valence-corrected chi connectivity index (χ4v) is 10.3. The molecule has 1 nitrogen and oxygen atoms in total. The Morgan fingerprint density at radius 2 is 0.896 bits per heavy atom. The molecule has 0 heterocycles. The minimum absolute atomic E-state index is 0.834. The number of hydrogen-bond donors (Lipinski definition) is 0. The van der Waals surface area contributed by atoms with Crippen molar-refractivity contribution in [1.29, 1.82) is 0 Å². The van der Waals surface area contributed by atoms with Crippen molar-refractivity contribution in [3.8, 4) is 22.3 Å². The van der Waals surface area contributed by atoms with Gasteiger partial charge in [-0.05, 0) is 84.6 Å². The average molecular weight is 633 g/mol. The molecule has 0 spiro atoms. The lowest BCUT2D eigenvalue weighted by Crippen LogP contribution is -2.25. The van der Waals surface area contributed by atoms with E-state index in [1.54, 1.807) is 0 Å². The van der Waals surface area contributed by atoms with Gasteiger partial charge in [-0.3, -0.25) is 0 Å². The Kier molecular flexibility index (Phi) is 6.96. The smallest absolute Gasteiger partial charge is 0.171 e. The lowest BCUT2D eigenvalue weighted by atomic mass is 9.86. The zero-order valence-electron chi connectivity index (χ0n) is 26.5. The first-order valence-electron chi connectivity index (χ1n) is 16.7. The summed E-state index contributed by atoms with van der Waals surface area (Å²) in [5, 5.41) is 9.89. The molecule has 1 aliphatic carbocycles. The second-order valence-corrected chi connectivity index (χ2v) is 15.5. The number of allylic oxidation sites excluding steroid dienone is 1. The summed E-state index contributed by atoms with van der Waals surface area (Å²) in [6.45, 7) is 0. The molecule has 0 aromatic heterocycles. The van der Waals surface area contributed by atoms with Crippen LogP contribution in [0.4, 0.5) is 0 Å². The number of rotatable bonds is 5. The highest BCUT2D eigenvalue weighted by Gasteiger charge is 2.30. The molecule has 0 fully saturated rings. The number of benzene rings is 8. The standard InChI is InChI=1S/C46H33OP/c47-48(38-16-2-1-3-17-38,39-26-22-32(23-27-39)45-41-18-8-4-12-34(41)30-35-13-5-9-19-42(35)45)40-28-24-33(25-29-40)46-43-20-10-6-14-36(43)31-37-15-7-11-21-44(37)46/h1-6,8-14,16-31H,7,15H2. The van der Waals surface area contributed by atoms with Crippen LogP contribution >= 0.6 is 7.14 Å². The van der Waals surface area contributed by atoms with Gasteiger partial charge in [0.2, 0.25) is 0 Å². The molecule has 0 bridgehead atoms. The molecule has 0 radical (unpaired) electrons. The summed E-state index contributed by atoms with van der Waals surface area (Å²) in [5.74, 6) is 0. The minimum atomic E-state index is -3.18. The van der Waals surface area contributed by atoms with Crippen molar-refractivity contribution >= 4 is 61.4 Å². The summed E-state index contributed by atoms with van der Waals surface area (Å²) < 4.78 is 15.6. The topological polar surface area (TPSA) is 17.1 Å². The monoisotopic (exact) mass is 632 g/mol. The number of aryl methyl sites for hydroxylation is 1. The summed E-state index contributed by atoms with van der Waals surface area (Å²) in [6, 6.07) is 57.4. The highest BCUT2D eigenvalue weighted by Crippen LogP contribution is 2.45. The van der Waals surface area contributed by atoms with E-state index in [2.05, 4.69) is 146 Å². The lowest BCUT2D eigenvalue weighted by Gasteiger charge is -2.22. The molecule has 8 aromatic carbocycles. The SMILES string of the molecule is O=P(c1ccccc1)(c1ccc(-c2c3c(cc4ccccc24)CCC=C3)cc1)c1ccc(-c2c3ccccc3cc3ccccc23)cc1. The largest absolute Gasteiger partial charge is 0.309 e. The molecule has 2 heteroatoms. The molecule has 0 amide bonds. The Morgan fingerprint density at radius 3 is 1.48 bits per heavy atom. The van der Waals surface area contributed by atoms with Crippen LogP contribution in [0.15, 0.2) is 170 Å². The molecule has 0 N–H and O–H groups in total. The van der Waals surface area contributed by atoms with Crippen molar-refractivity contribution in [1.82, 2.24) is 0 Å². The maximum atomic E-state index is 15.6. The zero-order valence-corrected chi connectivity index (χ0v) is 27.4. The van der Waals surface area contributed by atoms with Gasteiger partial charge < -0.3 is 4.57 Å². The second-order valence-electron chi connectivity index (χ2n) is 12.7. The van der Waals surface area contributed by atoms with E-state index in [-0.39, 0.29) is 0 Å². The van der Waals surface area contributed by atoms with Crippen molar-refractivity contribution in [2.45, 2.75) is 12.8 Å². The normalized spacial score (nSPS) is 13.8. The molecule has 9 rings (SSSR count). The molecule has 0 saturated heterocycles. The minimum Gasteiger partial charge on any atom is -0.309 e. The van der Waals surface area contributed by atoms with E-state index < -0.39 is 7.14 Å². The van der Waals surface area contributed by atoms with Gasteiger partial charge in [-0.1, -0.05) is 170 Å². The molecule has 0 saturated carbocycles. The molecule has 228 valence electrons. The van der Waals surface area contributed by atoms with Gasteiger partial charge in [0, 0.05) is 15.9 Å². The van der Waals surface area contributed by atoms with E-state index in [4.69, 9.17) is 0 Å². The molecule has 1 unspecified atom stereocenters. The third-order valence-electron chi connectivity index (χ3n) is 9.97. The fourth-order valence-electron chi connectivity index (χ4n) is 7.66. The third-order valence-corrected chi connectivity index (χ3v) is 13.0. The molecular weight excluding hydrogens is 599 g/mol. The van der Waals surface area contributed by atoms with Crippen LogP contribution in [-0.2, 0) is 11.0 Å². The highest BCUT2D eigenvalue weighted by atomic mass is 31.2. The van der Waals surface area contributed by atoms with Gasteiger partial charge in [-0.2, -0.15) is 0 Å². The van der Waals surface area contributed by atoms with Gasteiger partial charge in [0.05, 0.1) is 0 Å². The molecule has 8 aromatic rings. The Balaban J connectivity index is 1.18. The summed E-state index contributed by atoms with van der Waals surface area (Å²) in [7, 11) is -3.18. The Bertz CT molecular complexity index is 2510. The van der Waals surface area contributed by atoms with Gasteiger partial charge >= 0.3 is 0 Å². The van der Waals surface area contributed by atoms with Crippen molar-refractivity contribution < 1.29 is 4.57 Å². The third kappa shape index (κ3) is 4.66.